The molecule has 0 spiro atoms. The van der Waals surface area contributed by atoms with Crippen LogP contribution in [0.2, 0.25) is 7.87 Å². The summed E-state index contributed by atoms with van der Waals surface area (Å²) in [5.41, 5.74) is 0. The van der Waals surface area contributed by atoms with Gasteiger partial charge in [0, 0.05) is 0 Å². The van der Waals surface area contributed by atoms with Crippen LogP contribution in [0, 0.1) is 0 Å². The summed E-state index contributed by atoms with van der Waals surface area (Å²) in [5, 5.41) is 0. The molecular formula is C22H20O2Sn. The van der Waals surface area contributed by atoms with E-state index in [9.17, 15) is 0 Å². The second-order valence-corrected chi connectivity index (χ2v) is 15.2. The van der Waals surface area contributed by atoms with Crippen molar-refractivity contribution in [1.29, 1.82) is 0 Å². The zero-order chi connectivity index (χ0) is 17.0. The van der Waals surface area contributed by atoms with Gasteiger partial charge in [-0.3, -0.25) is 0 Å². The van der Waals surface area contributed by atoms with Crippen molar-refractivity contribution < 1.29 is 6.15 Å². The van der Waals surface area contributed by atoms with Crippen molar-refractivity contribution in [3.63, 3.8) is 0 Å². The molecular weight excluding hydrogens is 415 g/mol. The van der Waals surface area contributed by atoms with Gasteiger partial charge < -0.3 is 0 Å². The zero-order valence-electron chi connectivity index (χ0n) is 13.9. The van der Waals surface area contributed by atoms with Crippen LogP contribution in [-0.4, -0.2) is 19.2 Å². The molecule has 0 unspecified atom stereocenters. The SMILES string of the molecule is C1=C[CH]([Sn]([O]c2ccccc2)([O]c2ccccc2)[CH]2C=CC=C2)C=C1. The molecule has 25 heavy (non-hydrogen) atoms. The third-order valence-corrected chi connectivity index (χ3v) is 15.1. The van der Waals surface area contributed by atoms with Crippen LogP contribution in [0.5, 0.6) is 11.5 Å². The third kappa shape index (κ3) is 3.45. The molecule has 0 bridgehead atoms. The molecule has 0 heterocycles. The van der Waals surface area contributed by atoms with Crippen LogP contribution in [-0.2, 0) is 0 Å². The fourth-order valence-corrected chi connectivity index (χ4v) is 13.4. The number of allylic oxidation sites excluding steroid dienone is 8. The van der Waals surface area contributed by atoms with Crippen molar-refractivity contribution in [2.75, 3.05) is 0 Å². The van der Waals surface area contributed by atoms with E-state index >= 15 is 0 Å². The second kappa shape index (κ2) is 7.36. The summed E-state index contributed by atoms with van der Waals surface area (Å²) < 4.78 is 13.9. The quantitative estimate of drug-likeness (QED) is 0.552. The summed E-state index contributed by atoms with van der Waals surface area (Å²) in [5.74, 6) is 1.77. The number of hydrogen-bond acceptors (Lipinski definition) is 2. The van der Waals surface area contributed by atoms with Gasteiger partial charge in [-0.05, 0) is 0 Å². The normalized spacial score (nSPS) is 16.6. The molecule has 2 aliphatic rings. The van der Waals surface area contributed by atoms with Crippen LogP contribution < -0.4 is 6.15 Å². The van der Waals surface area contributed by atoms with Crippen molar-refractivity contribution in [3.8, 4) is 11.5 Å². The van der Waals surface area contributed by atoms with Crippen LogP contribution in [0.4, 0.5) is 0 Å². The molecule has 2 nitrogen and oxygen atoms in total. The number of hydrogen-bond donors (Lipinski definition) is 0. The van der Waals surface area contributed by atoms with Crippen molar-refractivity contribution in [2.45, 2.75) is 7.87 Å². The Bertz CT molecular complexity index is 726. The maximum atomic E-state index is 6.76. The average Bonchev–Trinajstić information content (AvgIpc) is 3.37. The Morgan fingerprint density at radius 2 is 0.880 bits per heavy atom. The molecule has 0 radical (unpaired) electrons. The van der Waals surface area contributed by atoms with Gasteiger partial charge in [0.2, 0.25) is 0 Å². The van der Waals surface area contributed by atoms with Gasteiger partial charge in [0.25, 0.3) is 0 Å². The summed E-state index contributed by atoms with van der Waals surface area (Å²) in [6, 6.07) is 20.1. The van der Waals surface area contributed by atoms with Gasteiger partial charge in [-0.25, -0.2) is 0 Å². The molecule has 0 fully saturated rings. The Morgan fingerprint density at radius 1 is 0.520 bits per heavy atom. The Hall–Kier alpha value is -2.20. The fourth-order valence-electron chi connectivity index (χ4n) is 3.26. The molecule has 0 aromatic heterocycles. The van der Waals surface area contributed by atoms with Crippen molar-refractivity contribution >= 4 is 19.2 Å². The standard InChI is InChI=1S/2C6H6O.2C5H5.Sn/c2*7-6-4-2-1-3-5-6;2*1-2-4-5-3-1;/h2*1-5,7H;2*1-5H;/q;;;;+2/p-2. The van der Waals surface area contributed by atoms with E-state index in [1.807, 2.05) is 60.7 Å². The van der Waals surface area contributed by atoms with Gasteiger partial charge in [0.15, 0.2) is 0 Å². The predicted octanol–water partition coefficient (Wildman–Crippen LogP) is 5.58. The summed E-state index contributed by atoms with van der Waals surface area (Å²) >= 11 is -3.72. The van der Waals surface area contributed by atoms with E-state index < -0.39 is 19.2 Å². The van der Waals surface area contributed by atoms with Crippen LogP contribution >= 0.6 is 0 Å². The monoisotopic (exact) mass is 436 g/mol. The zero-order valence-corrected chi connectivity index (χ0v) is 16.7. The molecule has 2 aromatic rings. The molecule has 0 aliphatic heterocycles. The van der Waals surface area contributed by atoms with E-state index in [1.54, 1.807) is 0 Å². The van der Waals surface area contributed by atoms with Crippen molar-refractivity contribution in [1.82, 2.24) is 0 Å². The Kier molecular flexibility index (Phi) is 4.79. The van der Waals surface area contributed by atoms with Gasteiger partial charge in [0.1, 0.15) is 0 Å². The summed E-state index contributed by atoms with van der Waals surface area (Å²) in [7, 11) is 0. The van der Waals surface area contributed by atoms with E-state index in [4.69, 9.17) is 6.15 Å². The van der Waals surface area contributed by atoms with Gasteiger partial charge in [-0.1, -0.05) is 0 Å². The Morgan fingerprint density at radius 3 is 1.24 bits per heavy atom. The Labute approximate surface area is 153 Å². The first-order chi connectivity index (χ1) is 12.4. The van der Waals surface area contributed by atoms with Crippen molar-refractivity contribution in [2.24, 2.45) is 0 Å². The van der Waals surface area contributed by atoms with Crippen molar-refractivity contribution in [3.05, 3.63) is 109 Å². The molecule has 0 amide bonds. The summed E-state index contributed by atoms with van der Waals surface area (Å²) in [6.45, 7) is 0. The molecule has 0 atom stereocenters. The fraction of sp³-hybridized carbons (Fsp3) is 0.0909. The molecule has 2 aliphatic carbocycles. The molecule has 0 saturated carbocycles. The van der Waals surface area contributed by atoms with E-state index in [1.165, 1.54) is 0 Å². The average molecular weight is 435 g/mol. The van der Waals surface area contributed by atoms with Crippen LogP contribution in [0.1, 0.15) is 0 Å². The first-order valence-electron chi connectivity index (χ1n) is 8.55. The first kappa shape index (κ1) is 16.3. The Balaban J connectivity index is 1.78. The molecule has 4 rings (SSSR count). The van der Waals surface area contributed by atoms with Crippen LogP contribution in [0.25, 0.3) is 0 Å². The minimum absolute atomic E-state index is 0.215. The van der Waals surface area contributed by atoms with Crippen LogP contribution in [0.3, 0.4) is 0 Å². The van der Waals surface area contributed by atoms with E-state index in [0.29, 0.717) is 0 Å². The van der Waals surface area contributed by atoms with E-state index in [0.717, 1.165) is 11.5 Å². The molecule has 0 saturated heterocycles. The number of para-hydroxylation sites is 2. The van der Waals surface area contributed by atoms with Gasteiger partial charge in [-0.2, -0.15) is 0 Å². The molecule has 0 N–H and O–H groups in total. The third-order valence-electron chi connectivity index (χ3n) is 4.47. The van der Waals surface area contributed by atoms with Crippen LogP contribution in [0.15, 0.2) is 109 Å². The minimum atomic E-state index is -3.72. The summed E-state index contributed by atoms with van der Waals surface area (Å²) in [6.07, 6.45) is 17.3. The van der Waals surface area contributed by atoms with Gasteiger partial charge in [-0.15, -0.1) is 0 Å². The molecule has 124 valence electrons. The molecule has 2 aromatic carbocycles. The molecule has 3 heteroatoms. The number of benzene rings is 2. The maximum absolute atomic E-state index is 6.76. The van der Waals surface area contributed by atoms with E-state index in [-0.39, 0.29) is 7.87 Å². The summed E-state index contributed by atoms with van der Waals surface area (Å²) in [4.78, 5) is 0. The van der Waals surface area contributed by atoms with E-state index in [2.05, 4.69) is 48.6 Å². The second-order valence-electron chi connectivity index (χ2n) is 6.14. The predicted molar refractivity (Wildman–Crippen MR) is 104 cm³/mol. The van der Waals surface area contributed by atoms with Gasteiger partial charge >= 0.3 is 154 Å². The number of rotatable bonds is 6. The first-order valence-corrected chi connectivity index (χ1v) is 14.2. The van der Waals surface area contributed by atoms with Gasteiger partial charge in [0.05, 0.1) is 0 Å². The topological polar surface area (TPSA) is 18.5 Å².